The molecule has 5 rings (SSSR count). The van der Waals surface area contributed by atoms with Crippen LogP contribution >= 0.6 is 0 Å². The predicted octanol–water partition coefficient (Wildman–Crippen LogP) is 2.79. The lowest BCUT2D eigenvalue weighted by Gasteiger charge is -2.37. The van der Waals surface area contributed by atoms with Crippen LogP contribution in [-0.2, 0) is 26.1 Å². The van der Waals surface area contributed by atoms with Gasteiger partial charge in [-0.05, 0) is 37.0 Å². The summed E-state index contributed by atoms with van der Waals surface area (Å²) in [5.74, 6) is -2.36. The molecule has 1 aliphatic carbocycles. The van der Waals surface area contributed by atoms with Crippen molar-refractivity contribution in [2.24, 2.45) is 5.41 Å². The van der Waals surface area contributed by atoms with E-state index in [2.05, 4.69) is 15.5 Å². The Bertz CT molecular complexity index is 1260. The number of hydrogen-bond acceptors (Lipinski definition) is 7. The van der Waals surface area contributed by atoms with Gasteiger partial charge in [0.25, 0.3) is 5.89 Å². The van der Waals surface area contributed by atoms with E-state index in [1.165, 1.54) is 18.2 Å². The number of hydrogen-bond donors (Lipinski definition) is 1. The summed E-state index contributed by atoms with van der Waals surface area (Å²) in [6, 6.07) is 2.30. The maximum Gasteiger partial charge on any atom is 0.403 e. The molecule has 2 aliphatic heterocycles. The van der Waals surface area contributed by atoms with Crippen molar-refractivity contribution < 1.29 is 44.3 Å². The number of nitrogens with one attached hydrogen (secondary N) is 1. The molecule has 0 unspecified atom stereocenters. The third-order valence-corrected chi connectivity index (χ3v) is 8.55. The summed E-state index contributed by atoms with van der Waals surface area (Å²) >= 11 is 0. The molecule has 15 heteroatoms. The first-order valence-electron chi connectivity index (χ1n) is 10.7. The fraction of sp³-hybridized carbons (Fsp3) is 0.550. The van der Waals surface area contributed by atoms with Crippen LogP contribution in [0.4, 0.5) is 22.0 Å². The molecular formula is C20H19F5N4O5S. The lowest BCUT2D eigenvalue weighted by molar-refractivity contribution is -0.193. The van der Waals surface area contributed by atoms with Crippen molar-refractivity contribution in [1.29, 1.82) is 0 Å². The van der Waals surface area contributed by atoms with Crippen molar-refractivity contribution >= 4 is 15.9 Å². The van der Waals surface area contributed by atoms with Gasteiger partial charge in [0.15, 0.2) is 0 Å². The summed E-state index contributed by atoms with van der Waals surface area (Å²) in [6.07, 6.45) is -8.17. The highest BCUT2D eigenvalue weighted by atomic mass is 32.2. The standard InChI is InChI=1S/C20H19F5N4O5S/c21-15(22)17-28-27-16(34-17)10-1-2-11-8-29(35(31,32)14(11)7-10)13-9-33-6-3-12(13)26-18(30)19(4-5-19)20(23,24)25/h1-2,7,12-13,15H,3-6,8-9H2,(H,26,30)/t12-,13-/m1/s1. The molecule has 0 spiro atoms. The first-order chi connectivity index (χ1) is 16.4. The van der Waals surface area contributed by atoms with E-state index in [0.29, 0.717) is 5.56 Å². The Morgan fingerprint density at radius 2 is 1.97 bits per heavy atom. The van der Waals surface area contributed by atoms with Gasteiger partial charge in [-0.25, -0.2) is 8.42 Å². The van der Waals surface area contributed by atoms with Crippen LogP contribution in [-0.4, -0.2) is 60.3 Å². The van der Waals surface area contributed by atoms with Crippen LogP contribution in [0, 0.1) is 5.41 Å². The third-order valence-electron chi connectivity index (χ3n) is 6.59. The van der Waals surface area contributed by atoms with Crippen LogP contribution < -0.4 is 5.32 Å². The van der Waals surface area contributed by atoms with Gasteiger partial charge in [0.2, 0.25) is 21.8 Å². The minimum atomic E-state index is -4.69. The zero-order valence-corrected chi connectivity index (χ0v) is 18.7. The van der Waals surface area contributed by atoms with Gasteiger partial charge in [-0.2, -0.15) is 26.3 Å². The van der Waals surface area contributed by atoms with Gasteiger partial charge in [-0.3, -0.25) is 4.79 Å². The second-order valence-corrected chi connectivity index (χ2v) is 10.6. The number of aromatic nitrogens is 2. The summed E-state index contributed by atoms with van der Waals surface area (Å²) in [5, 5.41) is 9.17. The summed E-state index contributed by atoms with van der Waals surface area (Å²) in [5.41, 5.74) is -1.94. The van der Waals surface area contributed by atoms with Crippen molar-refractivity contribution in [1.82, 2.24) is 19.8 Å². The molecule has 1 amide bonds. The highest BCUT2D eigenvalue weighted by molar-refractivity contribution is 7.89. The van der Waals surface area contributed by atoms with E-state index in [9.17, 15) is 35.2 Å². The number of halogens is 5. The van der Waals surface area contributed by atoms with Gasteiger partial charge in [-0.15, -0.1) is 10.2 Å². The quantitative estimate of drug-likeness (QED) is 0.601. The minimum absolute atomic E-state index is 0.102. The monoisotopic (exact) mass is 522 g/mol. The molecule has 1 aromatic heterocycles. The lowest BCUT2D eigenvalue weighted by atomic mass is 9.99. The van der Waals surface area contributed by atoms with Crippen molar-refractivity contribution in [2.75, 3.05) is 13.2 Å². The Balaban J connectivity index is 1.40. The molecule has 1 saturated heterocycles. The van der Waals surface area contributed by atoms with E-state index in [1.54, 1.807) is 0 Å². The number of benzene rings is 1. The summed E-state index contributed by atoms with van der Waals surface area (Å²) in [4.78, 5) is 12.4. The number of nitrogens with zero attached hydrogens (tertiary/aromatic N) is 3. The number of ether oxygens (including phenoxy) is 1. The molecular weight excluding hydrogens is 503 g/mol. The van der Waals surface area contributed by atoms with E-state index in [-0.39, 0.29) is 55.4 Å². The number of carbonyl (C=O) groups is 1. The highest BCUT2D eigenvalue weighted by Gasteiger charge is 2.68. The maximum absolute atomic E-state index is 13.4. The number of alkyl halides is 5. The lowest BCUT2D eigenvalue weighted by Crippen LogP contribution is -2.58. The topological polar surface area (TPSA) is 115 Å². The van der Waals surface area contributed by atoms with Crippen LogP contribution in [0.1, 0.15) is 37.1 Å². The fourth-order valence-electron chi connectivity index (χ4n) is 4.42. The Labute approximate surface area is 195 Å². The zero-order chi connectivity index (χ0) is 25.2. The first kappa shape index (κ1) is 24.1. The van der Waals surface area contributed by atoms with E-state index >= 15 is 0 Å². The second kappa shape index (κ2) is 8.20. The number of fused-ring (bicyclic) bond motifs is 1. The Kier molecular flexibility index (Phi) is 5.64. The molecule has 2 atom stereocenters. The van der Waals surface area contributed by atoms with Crippen LogP contribution in [0.3, 0.4) is 0 Å². The van der Waals surface area contributed by atoms with Gasteiger partial charge in [0.05, 0.1) is 17.5 Å². The highest BCUT2D eigenvalue weighted by Crippen LogP contribution is 2.57. The molecule has 1 aromatic carbocycles. The van der Waals surface area contributed by atoms with Crippen LogP contribution in [0.15, 0.2) is 27.5 Å². The SMILES string of the molecule is O=C(N[C@@H]1CCOC[C@H]1N1Cc2ccc(-c3nnc(C(F)F)o3)cc2S1(=O)=O)C1(C(F)(F)F)CC1. The van der Waals surface area contributed by atoms with Crippen molar-refractivity contribution in [3.05, 3.63) is 29.7 Å². The normalized spacial score (nSPS) is 25.4. The molecule has 35 heavy (non-hydrogen) atoms. The molecule has 3 aliphatic rings. The van der Waals surface area contributed by atoms with Gasteiger partial charge in [0, 0.05) is 24.8 Å². The van der Waals surface area contributed by atoms with E-state index in [1.807, 2.05) is 0 Å². The molecule has 3 heterocycles. The fourth-order valence-corrected chi connectivity index (χ4v) is 6.28. The summed E-state index contributed by atoms with van der Waals surface area (Å²) < 4.78 is 104. The largest absolute Gasteiger partial charge is 0.415 e. The van der Waals surface area contributed by atoms with Crippen molar-refractivity contribution in [3.8, 4) is 11.5 Å². The maximum atomic E-state index is 13.4. The molecule has 2 fully saturated rings. The van der Waals surface area contributed by atoms with E-state index < -0.39 is 51.9 Å². The van der Waals surface area contributed by atoms with Crippen molar-refractivity contribution in [2.45, 2.75) is 55.4 Å². The molecule has 9 nitrogen and oxygen atoms in total. The summed E-state index contributed by atoms with van der Waals surface area (Å²) in [6.45, 7) is -0.0740. The van der Waals surface area contributed by atoms with Crippen LogP contribution in [0.2, 0.25) is 0 Å². The van der Waals surface area contributed by atoms with E-state index in [4.69, 9.17) is 9.15 Å². The van der Waals surface area contributed by atoms with Crippen molar-refractivity contribution in [3.63, 3.8) is 0 Å². The molecule has 1 saturated carbocycles. The average Bonchev–Trinajstić information content (AvgIpc) is 3.41. The Morgan fingerprint density at radius 3 is 2.60 bits per heavy atom. The van der Waals surface area contributed by atoms with E-state index in [0.717, 1.165) is 4.31 Å². The number of carbonyl (C=O) groups excluding carboxylic acids is 1. The van der Waals surface area contributed by atoms with Gasteiger partial charge < -0.3 is 14.5 Å². The zero-order valence-electron chi connectivity index (χ0n) is 17.9. The number of amides is 1. The van der Waals surface area contributed by atoms with Crippen LogP contribution in [0.5, 0.6) is 0 Å². The number of rotatable bonds is 5. The van der Waals surface area contributed by atoms with Gasteiger partial charge in [0.1, 0.15) is 5.41 Å². The smallest absolute Gasteiger partial charge is 0.403 e. The Hall–Kier alpha value is -2.65. The predicted molar refractivity (Wildman–Crippen MR) is 106 cm³/mol. The molecule has 1 N–H and O–H groups in total. The second-order valence-electron chi connectivity index (χ2n) is 8.71. The Morgan fingerprint density at radius 1 is 1.23 bits per heavy atom. The van der Waals surface area contributed by atoms with Gasteiger partial charge >= 0.3 is 12.6 Å². The summed E-state index contributed by atoms with van der Waals surface area (Å²) in [7, 11) is -4.16. The van der Waals surface area contributed by atoms with Gasteiger partial charge in [-0.1, -0.05) is 6.07 Å². The third kappa shape index (κ3) is 3.98. The average molecular weight is 522 g/mol. The molecule has 190 valence electrons. The molecule has 0 bridgehead atoms. The molecule has 0 radical (unpaired) electrons. The first-order valence-corrected chi connectivity index (χ1v) is 12.1. The number of sulfonamides is 1. The minimum Gasteiger partial charge on any atom is -0.415 e. The van der Waals surface area contributed by atoms with Crippen LogP contribution in [0.25, 0.3) is 11.5 Å². The molecule has 2 aromatic rings.